The Balaban J connectivity index is 1.15. The van der Waals surface area contributed by atoms with Gasteiger partial charge in [-0.15, -0.1) is 0 Å². The Morgan fingerprint density at radius 3 is 2.07 bits per heavy atom. The fourth-order valence-electron chi connectivity index (χ4n) is 7.91. The quantitative estimate of drug-likeness (QED) is 0.0637. The minimum Gasteiger partial charge on any atom is -0.392 e. The van der Waals surface area contributed by atoms with Crippen molar-refractivity contribution in [2.24, 2.45) is 0 Å². The number of para-hydroxylation sites is 2. The molecular formula is C50H64N4O4. The molecule has 0 aliphatic carbocycles. The minimum atomic E-state index is -0.531. The second-order valence-corrected chi connectivity index (χ2v) is 15.9. The average molecular weight is 785 g/mol. The van der Waals surface area contributed by atoms with Crippen molar-refractivity contribution in [3.63, 3.8) is 0 Å². The second kappa shape index (κ2) is 23.2. The lowest BCUT2D eigenvalue weighted by molar-refractivity contribution is -0.253. The molecule has 5 aromatic rings. The summed E-state index contributed by atoms with van der Waals surface area (Å²) in [5, 5.41) is 12.7. The topological polar surface area (TPSA) is 96.8 Å². The van der Waals surface area contributed by atoms with Crippen molar-refractivity contribution in [1.82, 2.24) is 20.2 Å². The first-order valence-corrected chi connectivity index (χ1v) is 21.9. The van der Waals surface area contributed by atoms with Crippen molar-refractivity contribution < 1.29 is 19.4 Å². The van der Waals surface area contributed by atoms with Crippen LogP contribution in [0.5, 0.6) is 0 Å². The van der Waals surface area contributed by atoms with E-state index in [2.05, 4.69) is 82.6 Å². The molecule has 1 aliphatic heterocycles. The van der Waals surface area contributed by atoms with E-state index in [-0.39, 0.29) is 24.7 Å². The monoisotopic (exact) mass is 784 g/mol. The highest BCUT2D eigenvalue weighted by Crippen LogP contribution is 2.39. The molecule has 1 aliphatic rings. The van der Waals surface area contributed by atoms with Crippen LogP contribution in [0.3, 0.4) is 0 Å². The highest BCUT2D eigenvalue weighted by atomic mass is 16.7. The molecule has 6 rings (SSSR count). The number of nitrogens with one attached hydrogen (secondary N) is 1. The van der Waals surface area contributed by atoms with E-state index in [1.54, 1.807) is 0 Å². The van der Waals surface area contributed by atoms with Gasteiger partial charge in [0.05, 0.1) is 36.0 Å². The van der Waals surface area contributed by atoms with E-state index < -0.39 is 6.29 Å². The molecule has 58 heavy (non-hydrogen) atoms. The molecular weight excluding hydrogens is 721 g/mol. The first-order valence-electron chi connectivity index (χ1n) is 21.9. The summed E-state index contributed by atoms with van der Waals surface area (Å²) < 4.78 is 13.7. The number of fused-ring (bicyclic) bond motifs is 1. The van der Waals surface area contributed by atoms with Gasteiger partial charge in [0, 0.05) is 25.1 Å². The molecule has 2 heterocycles. The van der Waals surface area contributed by atoms with Gasteiger partial charge in [0.2, 0.25) is 0 Å². The zero-order valence-electron chi connectivity index (χ0n) is 34.8. The van der Waals surface area contributed by atoms with Gasteiger partial charge in [0.25, 0.3) is 5.91 Å². The van der Waals surface area contributed by atoms with Crippen molar-refractivity contribution in [3.05, 3.63) is 131 Å². The molecule has 1 saturated heterocycles. The number of nitrogens with zero attached hydrogens (tertiary/aromatic N) is 3. The van der Waals surface area contributed by atoms with Gasteiger partial charge in [0.1, 0.15) is 5.69 Å². The van der Waals surface area contributed by atoms with Crippen molar-refractivity contribution in [2.45, 2.75) is 129 Å². The number of carbonyl (C=O) groups is 1. The van der Waals surface area contributed by atoms with Crippen LogP contribution >= 0.6 is 0 Å². The Labute approximate surface area is 346 Å². The van der Waals surface area contributed by atoms with E-state index in [4.69, 9.17) is 9.47 Å². The number of benzene rings is 4. The number of ether oxygens (including phenoxy) is 2. The number of unbranched alkanes of at least 4 members (excludes halogenated alkanes) is 10. The van der Waals surface area contributed by atoms with E-state index in [0.717, 1.165) is 65.0 Å². The zero-order chi connectivity index (χ0) is 40.4. The van der Waals surface area contributed by atoms with Crippen LogP contribution in [0.2, 0.25) is 0 Å². The largest absolute Gasteiger partial charge is 0.392 e. The maximum Gasteiger partial charge on any atom is 0.271 e. The Kier molecular flexibility index (Phi) is 17.3. The maximum atomic E-state index is 13.0. The lowest BCUT2D eigenvalue weighted by atomic mass is 9.98. The van der Waals surface area contributed by atoms with Gasteiger partial charge in [-0.05, 0) is 78.0 Å². The molecule has 4 aromatic carbocycles. The lowest BCUT2D eigenvalue weighted by Crippen LogP contribution is -2.40. The summed E-state index contributed by atoms with van der Waals surface area (Å²) in [6, 6.07) is 32.4. The van der Waals surface area contributed by atoms with Crippen LogP contribution in [0.25, 0.3) is 22.2 Å². The van der Waals surface area contributed by atoms with Gasteiger partial charge in [-0.25, -0.2) is 4.98 Å². The first kappa shape index (κ1) is 43.1. The van der Waals surface area contributed by atoms with E-state index in [9.17, 15) is 9.90 Å². The van der Waals surface area contributed by atoms with Crippen molar-refractivity contribution in [3.8, 4) is 11.1 Å². The third-order valence-corrected chi connectivity index (χ3v) is 11.3. The van der Waals surface area contributed by atoms with Crippen LogP contribution in [0.15, 0.2) is 103 Å². The predicted octanol–water partition coefficient (Wildman–Crippen LogP) is 11.3. The summed E-state index contributed by atoms with van der Waals surface area (Å²) in [5.74, 6) is -0.259. The summed E-state index contributed by atoms with van der Waals surface area (Å²) in [4.78, 5) is 24.6. The Bertz CT molecular complexity index is 1970. The molecule has 3 unspecified atom stereocenters. The van der Waals surface area contributed by atoms with Gasteiger partial charge in [-0.1, -0.05) is 151 Å². The SMILES string of the molecule is CCCCCCCCN(CCCCCCCC)CC1CC(c2ccc(CO)cc2)OC(c2cccc(-c3cccc(CNC(=O)c4cnc5ccccc5n4)c3)c2)O1. The maximum absolute atomic E-state index is 13.0. The van der Waals surface area contributed by atoms with E-state index in [1.807, 2.05) is 48.5 Å². The highest BCUT2D eigenvalue weighted by Gasteiger charge is 2.33. The van der Waals surface area contributed by atoms with Gasteiger partial charge in [-0.2, -0.15) is 0 Å². The third-order valence-electron chi connectivity index (χ3n) is 11.3. The number of aromatic nitrogens is 2. The molecule has 0 bridgehead atoms. The number of hydrogen-bond acceptors (Lipinski definition) is 7. The third kappa shape index (κ3) is 13.0. The van der Waals surface area contributed by atoms with Crippen LogP contribution in [0.1, 0.15) is 142 Å². The predicted molar refractivity (Wildman–Crippen MR) is 234 cm³/mol. The summed E-state index contributed by atoms with van der Waals surface area (Å²) in [6.45, 7) is 8.02. The second-order valence-electron chi connectivity index (χ2n) is 15.9. The summed E-state index contributed by atoms with van der Waals surface area (Å²) in [7, 11) is 0. The van der Waals surface area contributed by atoms with Crippen molar-refractivity contribution in [2.75, 3.05) is 19.6 Å². The smallest absolute Gasteiger partial charge is 0.271 e. The van der Waals surface area contributed by atoms with Crippen molar-refractivity contribution in [1.29, 1.82) is 0 Å². The molecule has 3 atom stereocenters. The molecule has 1 aromatic heterocycles. The molecule has 0 spiro atoms. The van der Waals surface area contributed by atoms with Crippen LogP contribution in [-0.4, -0.2) is 51.6 Å². The number of carbonyl (C=O) groups excluding carboxylic acids is 1. The molecule has 8 heteroatoms. The van der Waals surface area contributed by atoms with Gasteiger partial charge < -0.3 is 24.8 Å². The lowest BCUT2D eigenvalue weighted by Gasteiger charge is -2.38. The standard InChI is InChI=1S/C50H64N4O4/c1-3-5-7-9-11-15-29-54(30-16-12-10-8-6-4-2)36-44-33-48(40-27-25-38(37-55)26-28-40)58-50(57-44)43-22-18-21-42(32-43)41-20-17-19-39(31-41)34-52-49(56)47-35-51-45-23-13-14-24-46(45)53-47/h13-14,17-28,31-32,35,44,48,50,55H,3-12,15-16,29-30,33-34,36-37H2,1-2H3,(H,52,56). The highest BCUT2D eigenvalue weighted by molar-refractivity contribution is 5.93. The van der Waals surface area contributed by atoms with E-state index >= 15 is 0 Å². The van der Waals surface area contributed by atoms with Gasteiger partial charge in [-0.3, -0.25) is 9.78 Å². The molecule has 308 valence electrons. The van der Waals surface area contributed by atoms with Gasteiger partial charge >= 0.3 is 0 Å². The van der Waals surface area contributed by atoms with E-state index in [0.29, 0.717) is 17.8 Å². The van der Waals surface area contributed by atoms with Crippen molar-refractivity contribution >= 4 is 16.9 Å². The number of rotatable bonds is 23. The van der Waals surface area contributed by atoms with Crippen LogP contribution < -0.4 is 5.32 Å². The summed E-state index contributed by atoms with van der Waals surface area (Å²) in [6.07, 6.45) is 17.1. The van der Waals surface area contributed by atoms with E-state index in [1.165, 1.54) is 83.2 Å². The molecule has 8 nitrogen and oxygen atoms in total. The molecule has 0 radical (unpaired) electrons. The average Bonchev–Trinajstić information content (AvgIpc) is 3.27. The summed E-state index contributed by atoms with van der Waals surface area (Å²) in [5.41, 5.74) is 7.81. The van der Waals surface area contributed by atoms with Crippen LogP contribution in [-0.2, 0) is 22.6 Å². The Morgan fingerprint density at radius 2 is 1.36 bits per heavy atom. The zero-order valence-corrected chi connectivity index (χ0v) is 34.8. The number of aliphatic hydroxyl groups is 1. The number of hydrogen-bond donors (Lipinski definition) is 2. The number of amides is 1. The van der Waals surface area contributed by atoms with Crippen LogP contribution in [0.4, 0.5) is 0 Å². The fourth-order valence-corrected chi connectivity index (χ4v) is 7.91. The minimum absolute atomic E-state index is 0.00402. The van der Waals surface area contributed by atoms with Gasteiger partial charge in [0.15, 0.2) is 6.29 Å². The fraction of sp³-hybridized carbons (Fsp3) is 0.460. The Hall–Kier alpha value is -4.47. The summed E-state index contributed by atoms with van der Waals surface area (Å²) >= 11 is 0. The first-order chi connectivity index (χ1) is 28.5. The number of aliphatic hydroxyl groups excluding tert-OH is 1. The molecule has 0 saturated carbocycles. The molecule has 2 N–H and O–H groups in total. The molecule has 1 fully saturated rings. The normalized spacial score (nSPS) is 16.9. The Morgan fingerprint density at radius 1 is 0.707 bits per heavy atom. The molecule has 1 amide bonds. The van der Waals surface area contributed by atoms with Crippen LogP contribution in [0, 0.1) is 0 Å².